The van der Waals surface area contributed by atoms with Crippen LogP contribution in [0.2, 0.25) is 0 Å². The van der Waals surface area contributed by atoms with Crippen molar-refractivity contribution in [3.8, 4) is 0 Å². The zero-order valence-corrected chi connectivity index (χ0v) is 11.8. The number of nitrogens with one attached hydrogen (secondary N) is 1. The molecule has 0 aliphatic rings. The summed E-state index contributed by atoms with van der Waals surface area (Å²) in [6, 6.07) is 6.59. The van der Waals surface area contributed by atoms with Gasteiger partial charge in [-0.1, -0.05) is 39.0 Å². The average molecular weight is 251 g/mol. The molecule has 0 bridgehead atoms. The molecule has 0 radical (unpaired) electrons. The van der Waals surface area contributed by atoms with Crippen molar-refractivity contribution in [2.75, 3.05) is 7.05 Å². The number of ketones is 1. The van der Waals surface area contributed by atoms with Crippen LogP contribution in [0.3, 0.4) is 0 Å². The summed E-state index contributed by atoms with van der Waals surface area (Å²) in [6.07, 6.45) is 0.353. The van der Waals surface area contributed by atoms with E-state index >= 15 is 0 Å². The minimum atomic E-state index is -0.750. The summed E-state index contributed by atoms with van der Waals surface area (Å²) < 4.78 is 13.7. The van der Waals surface area contributed by atoms with Gasteiger partial charge in [-0.2, -0.15) is 0 Å². The molecular formula is C15H22FNO. The van der Waals surface area contributed by atoms with E-state index < -0.39 is 11.0 Å². The molecule has 0 aliphatic carbocycles. The lowest BCUT2D eigenvalue weighted by molar-refractivity contribution is -0.132. The summed E-state index contributed by atoms with van der Waals surface area (Å²) in [4.78, 5) is 12.4. The van der Waals surface area contributed by atoms with Crippen molar-refractivity contribution < 1.29 is 9.18 Å². The quantitative estimate of drug-likeness (QED) is 0.891. The lowest BCUT2D eigenvalue weighted by atomic mass is 9.76. The van der Waals surface area contributed by atoms with Crippen LogP contribution < -0.4 is 5.32 Å². The molecule has 0 unspecified atom stereocenters. The first kappa shape index (κ1) is 14.8. The van der Waals surface area contributed by atoms with Gasteiger partial charge in [0.25, 0.3) is 0 Å². The van der Waals surface area contributed by atoms with Crippen LogP contribution in [0, 0.1) is 11.2 Å². The topological polar surface area (TPSA) is 29.1 Å². The van der Waals surface area contributed by atoms with E-state index in [1.807, 2.05) is 27.7 Å². The standard InChI is InChI=1S/C15H22FNO/c1-14(2,3)13(18)15(4,17-5)10-11-8-6-7-9-12(11)16/h6-9,17H,10H2,1-5H3/t15-/m0/s1. The van der Waals surface area contributed by atoms with E-state index in [2.05, 4.69) is 5.32 Å². The molecule has 2 nitrogen and oxygen atoms in total. The third kappa shape index (κ3) is 3.16. The van der Waals surface area contributed by atoms with E-state index in [0.717, 1.165) is 0 Å². The Hall–Kier alpha value is -1.22. The summed E-state index contributed by atoms with van der Waals surface area (Å²) in [7, 11) is 1.74. The van der Waals surface area contributed by atoms with Crippen LogP contribution in [0.5, 0.6) is 0 Å². The van der Waals surface area contributed by atoms with Gasteiger partial charge in [-0.25, -0.2) is 4.39 Å². The summed E-state index contributed by atoms with van der Waals surface area (Å²) in [5.74, 6) is -0.179. The van der Waals surface area contributed by atoms with Gasteiger partial charge < -0.3 is 5.32 Å². The third-order valence-corrected chi connectivity index (χ3v) is 3.24. The maximum Gasteiger partial charge on any atom is 0.158 e. The highest BCUT2D eigenvalue weighted by atomic mass is 19.1. The molecule has 1 N–H and O–H groups in total. The molecule has 1 rings (SSSR count). The SMILES string of the molecule is CN[C@@](C)(Cc1ccccc1F)C(=O)C(C)(C)C. The molecule has 0 aliphatic heterocycles. The van der Waals surface area contributed by atoms with Gasteiger partial charge in [0.05, 0.1) is 5.54 Å². The number of hydrogen-bond acceptors (Lipinski definition) is 2. The molecule has 0 saturated heterocycles. The van der Waals surface area contributed by atoms with Crippen molar-refractivity contribution in [1.29, 1.82) is 0 Å². The number of benzene rings is 1. The zero-order chi connectivity index (χ0) is 14.0. The number of halogens is 1. The smallest absolute Gasteiger partial charge is 0.158 e. The van der Waals surface area contributed by atoms with Crippen molar-refractivity contribution in [1.82, 2.24) is 5.32 Å². The van der Waals surface area contributed by atoms with E-state index in [0.29, 0.717) is 12.0 Å². The Balaban J connectivity index is 3.04. The van der Waals surface area contributed by atoms with Gasteiger partial charge >= 0.3 is 0 Å². The van der Waals surface area contributed by atoms with Gasteiger partial charge in [0.15, 0.2) is 5.78 Å². The van der Waals surface area contributed by atoms with Crippen LogP contribution in [0.4, 0.5) is 4.39 Å². The van der Waals surface area contributed by atoms with Crippen molar-refractivity contribution in [3.05, 3.63) is 35.6 Å². The van der Waals surface area contributed by atoms with E-state index in [4.69, 9.17) is 0 Å². The molecule has 18 heavy (non-hydrogen) atoms. The Morgan fingerprint density at radius 1 is 1.22 bits per heavy atom. The molecule has 0 fully saturated rings. The van der Waals surface area contributed by atoms with Crippen molar-refractivity contribution in [3.63, 3.8) is 0 Å². The Bertz CT molecular complexity index is 436. The minimum Gasteiger partial charge on any atom is -0.308 e. The van der Waals surface area contributed by atoms with Crippen molar-refractivity contribution in [2.24, 2.45) is 5.41 Å². The van der Waals surface area contributed by atoms with Crippen molar-refractivity contribution >= 4 is 5.78 Å². The first-order valence-electron chi connectivity index (χ1n) is 6.18. The van der Waals surface area contributed by atoms with Gasteiger partial charge in [-0.3, -0.25) is 4.79 Å². The highest BCUT2D eigenvalue weighted by molar-refractivity contribution is 5.92. The summed E-state index contributed by atoms with van der Waals surface area (Å²) in [6.45, 7) is 7.47. The molecule has 1 atom stereocenters. The molecule has 0 heterocycles. The maximum atomic E-state index is 13.7. The first-order chi connectivity index (χ1) is 8.20. The second-order valence-electron chi connectivity index (χ2n) is 5.93. The average Bonchev–Trinajstić information content (AvgIpc) is 2.30. The van der Waals surface area contributed by atoms with E-state index in [-0.39, 0.29) is 11.6 Å². The van der Waals surface area contributed by atoms with Crippen LogP contribution in [0.1, 0.15) is 33.3 Å². The van der Waals surface area contributed by atoms with E-state index in [1.54, 1.807) is 25.2 Å². The number of Topliss-reactive ketones (excluding diaryl/α,β-unsaturated/α-hetero) is 1. The molecule has 1 aromatic carbocycles. The molecular weight excluding hydrogens is 229 g/mol. The molecule has 0 saturated carbocycles. The second-order valence-corrected chi connectivity index (χ2v) is 5.93. The predicted molar refractivity (Wildman–Crippen MR) is 72.0 cm³/mol. The fourth-order valence-electron chi connectivity index (χ4n) is 2.13. The molecule has 0 aromatic heterocycles. The van der Waals surface area contributed by atoms with E-state index in [9.17, 15) is 9.18 Å². The largest absolute Gasteiger partial charge is 0.308 e. The summed E-state index contributed by atoms with van der Waals surface area (Å²) in [5.41, 5.74) is -0.643. The van der Waals surface area contributed by atoms with Crippen LogP contribution >= 0.6 is 0 Å². The van der Waals surface area contributed by atoms with Crippen LogP contribution in [-0.4, -0.2) is 18.4 Å². The zero-order valence-electron chi connectivity index (χ0n) is 11.8. The Morgan fingerprint density at radius 3 is 2.22 bits per heavy atom. The lowest BCUT2D eigenvalue weighted by Crippen LogP contribution is -2.54. The van der Waals surface area contributed by atoms with Crippen LogP contribution in [0.25, 0.3) is 0 Å². The third-order valence-electron chi connectivity index (χ3n) is 3.24. The normalized spacial score (nSPS) is 15.2. The predicted octanol–water partition coefficient (Wildman–Crippen LogP) is 2.96. The van der Waals surface area contributed by atoms with Gasteiger partial charge in [-0.15, -0.1) is 0 Å². The second kappa shape index (κ2) is 5.19. The summed E-state index contributed by atoms with van der Waals surface area (Å²) >= 11 is 0. The fourth-order valence-corrected chi connectivity index (χ4v) is 2.13. The van der Waals surface area contributed by atoms with Crippen LogP contribution in [-0.2, 0) is 11.2 Å². The van der Waals surface area contributed by atoms with Gasteiger partial charge in [-0.05, 0) is 25.6 Å². The summed E-state index contributed by atoms with van der Waals surface area (Å²) in [5, 5.41) is 3.04. The van der Waals surface area contributed by atoms with E-state index in [1.165, 1.54) is 6.07 Å². The molecule has 0 spiro atoms. The first-order valence-corrected chi connectivity index (χ1v) is 6.18. The van der Waals surface area contributed by atoms with Gasteiger partial charge in [0, 0.05) is 11.8 Å². The van der Waals surface area contributed by atoms with Crippen LogP contribution in [0.15, 0.2) is 24.3 Å². The molecule has 100 valence electrons. The number of rotatable bonds is 4. The number of likely N-dealkylation sites (N-methyl/N-ethyl adjacent to an activating group) is 1. The number of carbonyl (C=O) groups is 1. The maximum absolute atomic E-state index is 13.7. The molecule has 0 amide bonds. The van der Waals surface area contributed by atoms with Crippen molar-refractivity contribution in [2.45, 2.75) is 39.7 Å². The molecule has 3 heteroatoms. The Kier molecular flexibility index (Phi) is 4.28. The van der Waals surface area contributed by atoms with Gasteiger partial charge in [0.1, 0.15) is 5.82 Å². The fraction of sp³-hybridized carbons (Fsp3) is 0.533. The number of hydrogen-bond donors (Lipinski definition) is 1. The number of carbonyl (C=O) groups excluding carboxylic acids is 1. The Labute approximate surface area is 109 Å². The van der Waals surface area contributed by atoms with Gasteiger partial charge in [0.2, 0.25) is 0 Å². The minimum absolute atomic E-state index is 0.0840. The Morgan fingerprint density at radius 2 is 1.78 bits per heavy atom. The lowest BCUT2D eigenvalue weighted by Gasteiger charge is -2.34. The highest BCUT2D eigenvalue weighted by Crippen LogP contribution is 2.26. The monoisotopic (exact) mass is 251 g/mol. The molecule has 1 aromatic rings. The highest BCUT2D eigenvalue weighted by Gasteiger charge is 2.39.